The molecule has 0 aliphatic carbocycles. The molecule has 0 fully saturated rings. The van der Waals surface area contributed by atoms with Gasteiger partial charge in [-0.1, -0.05) is 30.3 Å². The zero-order valence-corrected chi connectivity index (χ0v) is 14.2. The number of methoxy groups -OCH3 is 2. The Labute approximate surface area is 143 Å². The molecule has 0 radical (unpaired) electrons. The molecule has 2 N–H and O–H groups in total. The zero-order valence-electron chi connectivity index (χ0n) is 14.2. The van der Waals surface area contributed by atoms with Crippen LogP contribution in [-0.4, -0.2) is 33.2 Å². The van der Waals surface area contributed by atoms with E-state index in [4.69, 9.17) is 9.47 Å². The molecule has 0 aliphatic heterocycles. The lowest BCUT2D eigenvalue weighted by Crippen LogP contribution is -2.29. The van der Waals surface area contributed by atoms with E-state index in [-0.39, 0.29) is 12.5 Å². The van der Waals surface area contributed by atoms with Gasteiger partial charge in [0.1, 0.15) is 11.5 Å². The molecule has 0 atom stereocenters. The van der Waals surface area contributed by atoms with E-state index in [2.05, 4.69) is 22.8 Å². The summed E-state index contributed by atoms with van der Waals surface area (Å²) in [4.78, 5) is 12.0. The van der Waals surface area contributed by atoms with Crippen LogP contribution in [0.4, 0.5) is 5.69 Å². The number of ether oxygens (including phenoxy) is 2. The summed E-state index contributed by atoms with van der Waals surface area (Å²) < 4.78 is 10.4. The van der Waals surface area contributed by atoms with Gasteiger partial charge in [0.25, 0.3) is 0 Å². The minimum Gasteiger partial charge on any atom is -0.497 e. The van der Waals surface area contributed by atoms with Crippen LogP contribution in [0.5, 0.6) is 11.5 Å². The fraction of sp³-hybridized carbons (Fsp3) is 0.316. The molecular weight excluding hydrogens is 304 g/mol. The Morgan fingerprint density at radius 3 is 2.54 bits per heavy atom. The van der Waals surface area contributed by atoms with Crippen molar-refractivity contribution in [1.29, 1.82) is 0 Å². The highest BCUT2D eigenvalue weighted by Gasteiger charge is 2.08. The third-order valence-corrected chi connectivity index (χ3v) is 3.63. The molecular formula is C19H24N2O3. The summed E-state index contributed by atoms with van der Waals surface area (Å²) in [6.07, 6.45) is 1.99. The van der Waals surface area contributed by atoms with Crippen LogP contribution in [0, 0.1) is 0 Å². The van der Waals surface area contributed by atoms with E-state index in [0.29, 0.717) is 17.2 Å². The van der Waals surface area contributed by atoms with Gasteiger partial charge in [-0.15, -0.1) is 0 Å². The quantitative estimate of drug-likeness (QED) is 0.695. The fourth-order valence-corrected chi connectivity index (χ4v) is 2.37. The van der Waals surface area contributed by atoms with Gasteiger partial charge in [-0.25, -0.2) is 0 Å². The second-order valence-electron chi connectivity index (χ2n) is 5.38. The third kappa shape index (κ3) is 5.59. The first-order valence-corrected chi connectivity index (χ1v) is 7.99. The van der Waals surface area contributed by atoms with Crippen molar-refractivity contribution in [2.45, 2.75) is 12.8 Å². The predicted molar refractivity (Wildman–Crippen MR) is 95.8 cm³/mol. The van der Waals surface area contributed by atoms with Crippen molar-refractivity contribution in [2.75, 3.05) is 32.6 Å². The highest BCUT2D eigenvalue weighted by molar-refractivity contribution is 5.93. The maximum Gasteiger partial charge on any atom is 0.238 e. The Morgan fingerprint density at radius 2 is 1.83 bits per heavy atom. The fourth-order valence-electron chi connectivity index (χ4n) is 2.37. The van der Waals surface area contributed by atoms with Gasteiger partial charge in [-0.05, 0) is 37.1 Å². The first-order chi connectivity index (χ1) is 11.7. The van der Waals surface area contributed by atoms with Crippen LogP contribution >= 0.6 is 0 Å². The molecule has 5 heteroatoms. The van der Waals surface area contributed by atoms with Gasteiger partial charge >= 0.3 is 0 Å². The second kappa shape index (κ2) is 9.57. The Kier molecular flexibility index (Phi) is 7.11. The summed E-state index contributed by atoms with van der Waals surface area (Å²) in [7, 11) is 3.15. The van der Waals surface area contributed by atoms with E-state index in [0.717, 1.165) is 19.4 Å². The highest BCUT2D eigenvalue weighted by atomic mass is 16.5. The summed E-state index contributed by atoms with van der Waals surface area (Å²) in [5.74, 6) is 1.16. The van der Waals surface area contributed by atoms with Crippen molar-refractivity contribution in [3.05, 3.63) is 54.1 Å². The average molecular weight is 328 g/mol. The van der Waals surface area contributed by atoms with Crippen LogP contribution in [0.15, 0.2) is 48.5 Å². The van der Waals surface area contributed by atoms with Gasteiger partial charge < -0.3 is 20.1 Å². The Morgan fingerprint density at radius 1 is 1.04 bits per heavy atom. The minimum absolute atomic E-state index is 0.110. The van der Waals surface area contributed by atoms with Crippen LogP contribution in [0.2, 0.25) is 0 Å². The summed E-state index contributed by atoms with van der Waals surface area (Å²) in [6, 6.07) is 15.6. The number of carbonyl (C=O) groups excluding carboxylic acids is 1. The number of hydrogen-bond donors (Lipinski definition) is 2. The number of anilines is 1. The Bertz CT molecular complexity index is 644. The lowest BCUT2D eigenvalue weighted by atomic mass is 10.1. The first kappa shape index (κ1) is 17.8. The number of aryl methyl sites for hydroxylation is 1. The summed E-state index contributed by atoms with van der Waals surface area (Å²) in [5.41, 5.74) is 1.91. The van der Waals surface area contributed by atoms with Crippen molar-refractivity contribution in [3.8, 4) is 11.5 Å². The van der Waals surface area contributed by atoms with Crippen molar-refractivity contribution in [1.82, 2.24) is 5.32 Å². The first-order valence-electron chi connectivity index (χ1n) is 7.99. The van der Waals surface area contributed by atoms with Gasteiger partial charge in [0, 0.05) is 6.07 Å². The van der Waals surface area contributed by atoms with Crippen LogP contribution < -0.4 is 20.1 Å². The number of carbonyl (C=O) groups is 1. The number of hydrogen-bond acceptors (Lipinski definition) is 4. The summed E-state index contributed by atoms with van der Waals surface area (Å²) >= 11 is 0. The molecule has 0 bridgehead atoms. The van der Waals surface area contributed by atoms with E-state index in [1.807, 2.05) is 18.2 Å². The third-order valence-electron chi connectivity index (χ3n) is 3.63. The van der Waals surface area contributed by atoms with Crippen LogP contribution in [0.25, 0.3) is 0 Å². The summed E-state index contributed by atoms with van der Waals surface area (Å²) in [5, 5.41) is 6.00. The SMILES string of the molecule is COc1ccc(OC)c(NC(=O)CNCCCc2ccccc2)c1. The topological polar surface area (TPSA) is 59.6 Å². The van der Waals surface area contributed by atoms with Crippen LogP contribution in [0.1, 0.15) is 12.0 Å². The molecule has 0 aromatic heterocycles. The predicted octanol–water partition coefficient (Wildman–Crippen LogP) is 2.86. The van der Waals surface area contributed by atoms with Crippen molar-refractivity contribution in [2.24, 2.45) is 0 Å². The Hall–Kier alpha value is -2.53. The number of nitrogens with one attached hydrogen (secondary N) is 2. The molecule has 2 aromatic carbocycles. The molecule has 0 saturated heterocycles. The molecule has 0 spiro atoms. The largest absolute Gasteiger partial charge is 0.497 e. The summed E-state index contributed by atoms with van der Waals surface area (Å²) in [6.45, 7) is 1.05. The van der Waals surface area contributed by atoms with E-state index in [1.165, 1.54) is 5.56 Å². The lowest BCUT2D eigenvalue weighted by Gasteiger charge is -2.12. The average Bonchev–Trinajstić information content (AvgIpc) is 2.62. The van der Waals surface area contributed by atoms with Gasteiger partial charge in [0.2, 0.25) is 5.91 Å². The van der Waals surface area contributed by atoms with E-state index in [1.54, 1.807) is 32.4 Å². The monoisotopic (exact) mass is 328 g/mol. The minimum atomic E-state index is -0.110. The van der Waals surface area contributed by atoms with Gasteiger partial charge in [-0.3, -0.25) is 4.79 Å². The second-order valence-corrected chi connectivity index (χ2v) is 5.38. The van der Waals surface area contributed by atoms with Crippen molar-refractivity contribution >= 4 is 11.6 Å². The van der Waals surface area contributed by atoms with E-state index in [9.17, 15) is 4.79 Å². The van der Waals surface area contributed by atoms with Crippen LogP contribution in [0.3, 0.4) is 0 Å². The molecule has 24 heavy (non-hydrogen) atoms. The van der Waals surface area contributed by atoms with Gasteiger partial charge in [0.05, 0.1) is 26.5 Å². The molecule has 0 saturated carbocycles. The maximum atomic E-state index is 12.0. The van der Waals surface area contributed by atoms with Gasteiger partial charge in [0.15, 0.2) is 0 Å². The van der Waals surface area contributed by atoms with Crippen LogP contribution in [-0.2, 0) is 11.2 Å². The number of amides is 1. The normalized spacial score (nSPS) is 10.2. The molecule has 128 valence electrons. The van der Waals surface area contributed by atoms with Crippen molar-refractivity contribution < 1.29 is 14.3 Å². The lowest BCUT2D eigenvalue weighted by molar-refractivity contribution is -0.115. The molecule has 5 nitrogen and oxygen atoms in total. The van der Waals surface area contributed by atoms with E-state index >= 15 is 0 Å². The standard InChI is InChI=1S/C19H24N2O3/c1-23-16-10-11-18(24-2)17(13-16)21-19(22)14-20-12-6-9-15-7-4-3-5-8-15/h3-5,7-8,10-11,13,20H,6,9,12,14H2,1-2H3,(H,21,22). The molecule has 0 aliphatic rings. The molecule has 1 amide bonds. The molecule has 2 rings (SSSR count). The molecule has 0 unspecified atom stereocenters. The molecule has 2 aromatic rings. The highest BCUT2D eigenvalue weighted by Crippen LogP contribution is 2.28. The zero-order chi connectivity index (χ0) is 17.2. The maximum absolute atomic E-state index is 12.0. The van der Waals surface area contributed by atoms with E-state index < -0.39 is 0 Å². The number of rotatable bonds is 9. The molecule has 0 heterocycles. The Balaban J connectivity index is 1.73. The number of benzene rings is 2. The van der Waals surface area contributed by atoms with Crippen molar-refractivity contribution in [3.63, 3.8) is 0 Å². The smallest absolute Gasteiger partial charge is 0.238 e. The van der Waals surface area contributed by atoms with Gasteiger partial charge in [-0.2, -0.15) is 0 Å².